The molecule has 0 spiro atoms. The Morgan fingerprint density at radius 2 is 2.06 bits per heavy atom. The van der Waals surface area contributed by atoms with Gasteiger partial charge < -0.3 is 10.6 Å². The number of nitrogens with zero attached hydrogens (tertiary/aromatic N) is 1. The number of nitrogens with one attached hydrogen (secondary N) is 1. The maximum atomic E-state index is 7.62. The van der Waals surface area contributed by atoms with Crippen LogP contribution in [0.3, 0.4) is 0 Å². The van der Waals surface area contributed by atoms with E-state index in [1.807, 2.05) is 13.0 Å². The predicted octanol–water partition coefficient (Wildman–Crippen LogP) is 2.52. The standard InChI is InChI=1S/C13H21N3/c1-4-8-16(5-2)12-7-6-10(3)9-11(12)13(14)15/h6-7,9H,4-5,8H2,1-3H3,(H3,14,15). The molecule has 1 rings (SSSR count). The number of aryl methyl sites for hydroxylation is 1. The third kappa shape index (κ3) is 2.75. The van der Waals surface area contributed by atoms with E-state index in [0.717, 1.165) is 36.3 Å². The first-order valence-corrected chi connectivity index (χ1v) is 5.80. The summed E-state index contributed by atoms with van der Waals surface area (Å²) in [6, 6.07) is 6.11. The lowest BCUT2D eigenvalue weighted by atomic mass is 10.1. The van der Waals surface area contributed by atoms with Gasteiger partial charge in [-0.1, -0.05) is 18.6 Å². The minimum absolute atomic E-state index is 0.147. The van der Waals surface area contributed by atoms with E-state index in [0.29, 0.717) is 0 Å². The number of hydrogen-bond donors (Lipinski definition) is 2. The summed E-state index contributed by atoms with van der Waals surface area (Å²) in [6.07, 6.45) is 1.10. The monoisotopic (exact) mass is 219 g/mol. The second-order valence-corrected chi connectivity index (χ2v) is 4.01. The van der Waals surface area contributed by atoms with Crippen molar-refractivity contribution < 1.29 is 0 Å². The van der Waals surface area contributed by atoms with Crippen molar-refractivity contribution in [3.8, 4) is 0 Å². The normalized spacial score (nSPS) is 10.2. The molecule has 16 heavy (non-hydrogen) atoms. The summed E-state index contributed by atoms with van der Waals surface area (Å²) in [5.41, 5.74) is 8.68. The van der Waals surface area contributed by atoms with Crippen LogP contribution in [0.5, 0.6) is 0 Å². The Balaban J connectivity index is 3.14. The van der Waals surface area contributed by atoms with Gasteiger partial charge in [0.2, 0.25) is 0 Å². The van der Waals surface area contributed by atoms with Gasteiger partial charge in [-0.2, -0.15) is 0 Å². The van der Waals surface area contributed by atoms with Gasteiger partial charge in [-0.3, -0.25) is 5.41 Å². The lowest BCUT2D eigenvalue weighted by Crippen LogP contribution is -2.27. The average Bonchev–Trinajstić information content (AvgIpc) is 2.26. The van der Waals surface area contributed by atoms with Gasteiger partial charge in [0.15, 0.2) is 0 Å². The molecule has 0 aliphatic carbocycles. The number of amidine groups is 1. The van der Waals surface area contributed by atoms with Crippen molar-refractivity contribution in [2.45, 2.75) is 27.2 Å². The van der Waals surface area contributed by atoms with Crippen molar-refractivity contribution in [2.24, 2.45) is 5.73 Å². The lowest BCUT2D eigenvalue weighted by molar-refractivity contribution is 0.791. The molecule has 88 valence electrons. The van der Waals surface area contributed by atoms with E-state index < -0.39 is 0 Å². The fourth-order valence-electron chi connectivity index (χ4n) is 1.86. The quantitative estimate of drug-likeness (QED) is 0.590. The van der Waals surface area contributed by atoms with E-state index in [2.05, 4.69) is 30.9 Å². The zero-order valence-electron chi connectivity index (χ0n) is 10.4. The highest BCUT2D eigenvalue weighted by atomic mass is 15.1. The summed E-state index contributed by atoms with van der Waals surface area (Å²) < 4.78 is 0. The maximum Gasteiger partial charge on any atom is 0.124 e. The Kier molecular flexibility index (Phi) is 4.35. The molecule has 0 saturated heterocycles. The third-order valence-corrected chi connectivity index (χ3v) is 2.66. The Morgan fingerprint density at radius 3 is 2.56 bits per heavy atom. The van der Waals surface area contributed by atoms with Crippen LogP contribution in [0, 0.1) is 12.3 Å². The zero-order chi connectivity index (χ0) is 12.1. The van der Waals surface area contributed by atoms with Gasteiger partial charge >= 0.3 is 0 Å². The van der Waals surface area contributed by atoms with Crippen molar-refractivity contribution in [1.29, 1.82) is 5.41 Å². The summed E-state index contributed by atoms with van der Waals surface area (Å²) in [5, 5.41) is 7.62. The minimum atomic E-state index is 0.147. The van der Waals surface area contributed by atoms with Crippen molar-refractivity contribution in [3.63, 3.8) is 0 Å². The van der Waals surface area contributed by atoms with Crippen LogP contribution in [-0.2, 0) is 0 Å². The molecule has 0 heterocycles. The summed E-state index contributed by atoms with van der Waals surface area (Å²) in [7, 11) is 0. The Labute approximate surface area is 97.8 Å². The van der Waals surface area contributed by atoms with Crippen LogP contribution in [0.15, 0.2) is 18.2 Å². The number of hydrogen-bond acceptors (Lipinski definition) is 2. The van der Waals surface area contributed by atoms with Gasteiger partial charge in [-0.05, 0) is 32.4 Å². The lowest BCUT2D eigenvalue weighted by Gasteiger charge is -2.25. The van der Waals surface area contributed by atoms with E-state index in [-0.39, 0.29) is 5.84 Å². The molecule has 1 aromatic rings. The van der Waals surface area contributed by atoms with Crippen LogP contribution >= 0.6 is 0 Å². The molecule has 0 unspecified atom stereocenters. The van der Waals surface area contributed by atoms with E-state index in [1.54, 1.807) is 0 Å². The summed E-state index contributed by atoms with van der Waals surface area (Å²) >= 11 is 0. The number of benzene rings is 1. The molecular weight excluding hydrogens is 198 g/mol. The molecule has 3 N–H and O–H groups in total. The fourth-order valence-corrected chi connectivity index (χ4v) is 1.86. The smallest absolute Gasteiger partial charge is 0.124 e. The molecular formula is C13H21N3. The number of nitrogen functional groups attached to an aromatic ring is 1. The highest BCUT2D eigenvalue weighted by Crippen LogP contribution is 2.21. The second kappa shape index (κ2) is 5.54. The van der Waals surface area contributed by atoms with Crippen LogP contribution in [-0.4, -0.2) is 18.9 Å². The number of nitrogens with two attached hydrogens (primary N) is 1. The number of rotatable bonds is 5. The molecule has 0 bridgehead atoms. The molecule has 3 heteroatoms. The van der Waals surface area contributed by atoms with Crippen LogP contribution in [0.1, 0.15) is 31.4 Å². The van der Waals surface area contributed by atoms with E-state index >= 15 is 0 Å². The Hall–Kier alpha value is -1.51. The second-order valence-electron chi connectivity index (χ2n) is 4.01. The van der Waals surface area contributed by atoms with Gasteiger partial charge in [-0.25, -0.2) is 0 Å². The first-order valence-electron chi connectivity index (χ1n) is 5.80. The first kappa shape index (κ1) is 12.6. The molecule has 3 nitrogen and oxygen atoms in total. The van der Waals surface area contributed by atoms with Gasteiger partial charge in [0, 0.05) is 24.3 Å². The molecule has 0 aliphatic rings. The van der Waals surface area contributed by atoms with Crippen molar-refractivity contribution >= 4 is 11.5 Å². The van der Waals surface area contributed by atoms with Crippen molar-refractivity contribution in [1.82, 2.24) is 0 Å². The van der Waals surface area contributed by atoms with Crippen LogP contribution in [0.4, 0.5) is 5.69 Å². The highest BCUT2D eigenvalue weighted by Gasteiger charge is 2.10. The van der Waals surface area contributed by atoms with Gasteiger partial charge in [0.05, 0.1) is 0 Å². The molecule has 0 aromatic heterocycles. The Morgan fingerprint density at radius 1 is 1.38 bits per heavy atom. The van der Waals surface area contributed by atoms with Crippen LogP contribution in [0.2, 0.25) is 0 Å². The third-order valence-electron chi connectivity index (χ3n) is 2.66. The summed E-state index contributed by atoms with van der Waals surface area (Å²) in [6.45, 7) is 8.24. The van der Waals surface area contributed by atoms with Crippen LogP contribution < -0.4 is 10.6 Å². The molecule has 1 aromatic carbocycles. The van der Waals surface area contributed by atoms with Crippen molar-refractivity contribution in [2.75, 3.05) is 18.0 Å². The molecule has 0 fully saturated rings. The van der Waals surface area contributed by atoms with E-state index in [9.17, 15) is 0 Å². The predicted molar refractivity (Wildman–Crippen MR) is 70.4 cm³/mol. The fraction of sp³-hybridized carbons (Fsp3) is 0.462. The van der Waals surface area contributed by atoms with Crippen molar-refractivity contribution in [3.05, 3.63) is 29.3 Å². The summed E-state index contributed by atoms with van der Waals surface area (Å²) in [4.78, 5) is 2.26. The highest BCUT2D eigenvalue weighted by molar-refractivity contribution is 6.00. The molecule has 0 amide bonds. The molecule has 0 radical (unpaired) electrons. The van der Waals surface area contributed by atoms with Gasteiger partial charge in [0.25, 0.3) is 0 Å². The van der Waals surface area contributed by atoms with Crippen LogP contribution in [0.25, 0.3) is 0 Å². The maximum absolute atomic E-state index is 7.62. The molecule has 0 aliphatic heterocycles. The zero-order valence-corrected chi connectivity index (χ0v) is 10.4. The van der Waals surface area contributed by atoms with Gasteiger partial charge in [-0.15, -0.1) is 0 Å². The SMILES string of the molecule is CCCN(CC)c1ccc(C)cc1C(=N)N. The largest absolute Gasteiger partial charge is 0.384 e. The number of anilines is 1. The first-order chi connectivity index (χ1) is 7.60. The van der Waals surface area contributed by atoms with E-state index in [1.165, 1.54) is 0 Å². The minimum Gasteiger partial charge on any atom is -0.384 e. The molecule has 0 atom stereocenters. The summed E-state index contributed by atoms with van der Waals surface area (Å²) in [5.74, 6) is 0.147. The Bertz CT molecular complexity index is 371. The average molecular weight is 219 g/mol. The van der Waals surface area contributed by atoms with Gasteiger partial charge in [0.1, 0.15) is 5.84 Å². The molecule has 0 saturated carbocycles. The van der Waals surface area contributed by atoms with E-state index in [4.69, 9.17) is 11.1 Å². The topological polar surface area (TPSA) is 53.1 Å².